The third-order valence-electron chi connectivity index (χ3n) is 2.73. The smallest absolute Gasteiger partial charge is 0.254 e. The molecule has 1 aromatic rings. The highest BCUT2D eigenvalue weighted by Gasteiger charge is 2.21. The number of rotatable bonds is 4. The van der Waals surface area contributed by atoms with E-state index in [0.717, 1.165) is 17.8 Å². The van der Waals surface area contributed by atoms with Crippen molar-refractivity contribution in [2.45, 2.75) is 12.7 Å². The molecule has 2 rings (SSSR count). The lowest BCUT2D eigenvalue weighted by atomic mass is 10.2. The van der Waals surface area contributed by atoms with Crippen molar-refractivity contribution in [1.29, 1.82) is 0 Å². The van der Waals surface area contributed by atoms with Gasteiger partial charge in [0.15, 0.2) is 0 Å². The zero-order valence-electron chi connectivity index (χ0n) is 10.8. The topological polar surface area (TPSA) is 59.6 Å². The summed E-state index contributed by atoms with van der Waals surface area (Å²) in [7, 11) is 1.65. The fraction of sp³-hybridized carbons (Fsp3) is 0.462. The number of carbonyl (C=O) groups excluding carboxylic acids is 1. The Balaban J connectivity index is 0.00000180. The molecule has 1 saturated heterocycles. The molecule has 2 N–H and O–H groups in total. The van der Waals surface area contributed by atoms with Crippen LogP contribution in [0.1, 0.15) is 5.56 Å². The molecule has 5 nitrogen and oxygen atoms in total. The first-order chi connectivity index (χ1) is 8.79. The third-order valence-corrected chi connectivity index (χ3v) is 2.73. The summed E-state index contributed by atoms with van der Waals surface area (Å²) < 4.78 is 10.4. The lowest BCUT2D eigenvalue weighted by Gasteiger charge is -2.22. The lowest BCUT2D eigenvalue weighted by Crippen LogP contribution is -2.45. The Morgan fingerprint density at radius 2 is 2.42 bits per heavy atom. The van der Waals surface area contributed by atoms with Crippen LogP contribution in [-0.4, -0.2) is 38.8 Å². The zero-order valence-corrected chi connectivity index (χ0v) is 11.7. The van der Waals surface area contributed by atoms with Gasteiger partial charge in [0, 0.05) is 25.9 Å². The molecular formula is C13H19ClN2O3. The van der Waals surface area contributed by atoms with Crippen molar-refractivity contribution < 1.29 is 14.3 Å². The predicted octanol–water partition coefficient (Wildman–Crippen LogP) is 1.18. The van der Waals surface area contributed by atoms with E-state index < -0.39 is 6.10 Å². The molecule has 1 unspecified atom stereocenters. The molecule has 0 radical (unpaired) electrons. The maximum absolute atomic E-state index is 11.9. The van der Waals surface area contributed by atoms with E-state index in [-0.39, 0.29) is 18.3 Å². The molecule has 1 aliphatic heterocycles. The second-order valence-corrected chi connectivity index (χ2v) is 4.19. The highest BCUT2D eigenvalue weighted by Crippen LogP contribution is 2.12. The van der Waals surface area contributed by atoms with Crippen molar-refractivity contribution in [2.75, 3.05) is 32.1 Å². The minimum absolute atomic E-state index is 0. The second kappa shape index (κ2) is 8.12. The minimum atomic E-state index is -0.412. The van der Waals surface area contributed by atoms with E-state index >= 15 is 0 Å². The van der Waals surface area contributed by atoms with Crippen LogP contribution in [0.3, 0.4) is 0 Å². The molecular weight excluding hydrogens is 268 g/mol. The summed E-state index contributed by atoms with van der Waals surface area (Å²) in [6.07, 6.45) is -0.412. The summed E-state index contributed by atoms with van der Waals surface area (Å²) in [5.74, 6) is -0.114. The van der Waals surface area contributed by atoms with Crippen molar-refractivity contribution in [2.24, 2.45) is 0 Å². The molecule has 6 heteroatoms. The second-order valence-electron chi connectivity index (χ2n) is 4.19. The molecule has 19 heavy (non-hydrogen) atoms. The number of ether oxygens (including phenoxy) is 2. The van der Waals surface area contributed by atoms with Gasteiger partial charge in [-0.1, -0.05) is 12.1 Å². The number of morpholine rings is 1. The molecule has 1 heterocycles. The highest BCUT2D eigenvalue weighted by molar-refractivity contribution is 5.94. The lowest BCUT2D eigenvalue weighted by molar-refractivity contribution is -0.128. The van der Waals surface area contributed by atoms with Gasteiger partial charge in [-0.15, -0.1) is 12.4 Å². The first kappa shape index (κ1) is 15.9. The van der Waals surface area contributed by atoms with E-state index in [0.29, 0.717) is 19.8 Å². The molecule has 1 aliphatic rings. The quantitative estimate of drug-likeness (QED) is 0.873. The third kappa shape index (κ3) is 4.80. The first-order valence-corrected chi connectivity index (χ1v) is 6.00. The van der Waals surface area contributed by atoms with Crippen molar-refractivity contribution in [3.63, 3.8) is 0 Å². The maximum atomic E-state index is 11.9. The van der Waals surface area contributed by atoms with E-state index in [1.807, 2.05) is 24.3 Å². The zero-order chi connectivity index (χ0) is 12.8. The number of anilines is 1. The largest absolute Gasteiger partial charge is 0.380 e. The van der Waals surface area contributed by atoms with E-state index in [9.17, 15) is 4.79 Å². The molecule has 0 bridgehead atoms. The van der Waals surface area contributed by atoms with Gasteiger partial charge in [-0.3, -0.25) is 4.79 Å². The van der Waals surface area contributed by atoms with Gasteiger partial charge >= 0.3 is 0 Å². The van der Waals surface area contributed by atoms with Crippen LogP contribution in [0, 0.1) is 0 Å². The molecule has 1 fully saturated rings. The van der Waals surface area contributed by atoms with Gasteiger partial charge in [0.25, 0.3) is 5.91 Å². The Morgan fingerprint density at radius 1 is 1.58 bits per heavy atom. The summed E-state index contributed by atoms with van der Waals surface area (Å²) in [6.45, 7) is 2.46. The van der Waals surface area contributed by atoms with Crippen LogP contribution in [0.2, 0.25) is 0 Å². The minimum Gasteiger partial charge on any atom is -0.380 e. The maximum Gasteiger partial charge on any atom is 0.254 e. The van der Waals surface area contributed by atoms with Gasteiger partial charge in [0.2, 0.25) is 0 Å². The Labute approximate surface area is 119 Å². The van der Waals surface area contributed by atoms with Gasteiger partial charge in [-0.25, -0.2) is 0 Å². The molecule has 0 aliphatic carbocycles. The predicted molar refractivity (Wildman–Crippen MR) is 75.6 cm³/mol. The van der Waals surface area contributed by atoms with Gasteiger partial charge in [0.05, 0.1) is 13.2 Å². The molecule has 0 saturated carbocycles. The number of halogens is 1. The van der Waals surface area contributed by atoms with Crippen LogP contribution in [0.4, 0.5) is 5.69 Å². The van der Waals surface area contributed by atoms with Crippen molar-refractivity contribution in [3.8, 4) is 0 Å². The number of hydrogen-bond donors (Lipinski definition) is 2. The molecule has 0 aromatic heterocycles. The summed E-state index contributed by atoms with van der Waals surface area (Å²) in [5, 5.41) is 5.98. The van der Waals surface area contributed by atoms with Crippen molar-refractivity contribution in [1.82, 2.24) is 5.32 Å². The number of benzene rings is 1. The van der Waals surface area contributed by atoms with Gasteiger partial charge in [0.1, 0.15) is 6.10 Å². The van der Waals surface area contributed by atoms with Crippen LogP contribution in [0.5, 0.6) is 0 Å². The van der Waals surface area contributed by atoms with Gasteiger partial charge in [-0.2, -0.15) is 0 Å². The summed E-state index contributed by atoms with van der Waals surface area (Å²) in [4.78, 5) is 11.9. The van der Waals surface area contributed by atoms with Crippen LogP contribution in [0.15, 0.2) is 24.3 Å². The van der Waals surface area contributed by atoms with Crippen LogP contribution >= 0.6 is 12.4 Å². The fourth-order valence-electron chi connectivity index (χ4n) is 1.86. The monoisotopic (exact) mass is 286 g/mol. The normalized spacial score (nSPS) is 18.5. The van der Waals surface area contributed by atoms with Crippen molar-refractivity contribution >= 4 is 24.0 Å². The first-order valence-electron chi connectivity index (χ1n) is 6.00. The number of carbonyl (C=O) groups is 1. The Morgan fingerprint density at radius 3 is 3.11 bits per heavy atom. The van der Waals surface area contributed by atoms with Gasteiger partial charge < -0.3 is 20.1 Å². The molecule has 106 valence electrons. The van der Waals surface area contributed by atoms with E-state index in [1.54, 1.807) is 7.11 Å². The number of methoxy groups -OCH3 is 1. The molecule has 0 spiro atoms. The van der Waals surface area contributed by atoms with Crippen LogP contribution < -0.4 is 10.6 Å². The Hall–Kier alpha value is -1.14. The highest BCUT2D eigenvalue weighted by atomic mass is 35.5. The average Bonchev–Trinajstić information content (AvgIpc) is 2.40. The van der Waals surface area contributed by atoms with E-state index in [2.05, 4.69) is 10.6 Å². The summed E-state index contributed by atoms with van der Waals surface area (Å²) in [5.41, 5.74) is 1.79. The molecule has 1 atom stereocenters. The average molecular weight is 287 g/mol. The summed E-state index contributed by atoms with van der Waals surface area (Å²) >= 11 is 0. The number of hydrogen-bond acceptors (Lipinski definition) is 4. The molecule has 1 amide bonds. The number of amides is 1. The fourth-order valence-corrected chi connectivity index (χ4v) is 1.86. The number of nitrogens with one attached hydrogen (secondary N) is 2. The standard InChI is InChI=1S/C13H18N2O3.ClH/c1-17-9-10-3-2-4-11(7-10)15-13(16)12-8-14-5-6-18-12;/h2-4,7,12,14H,5-6,8-9H2,1H3,(H,15,16);1H. The van der Waals surface area contributed by atoms with Crippen LogP contribution in [-0.2, 0) is 20.9 Å². The van der Waals surface area contributed by atoms with Crippen LogP contribution in [0.25, 0.3) is 0 Å². The van der Waals surface area contributed by atoms with Gasteiger partial charge in [-0.05, 0) is 17.7 Å². The van der Waals surface area contributed by atoms with E-state index in [4.69, 9.17) is 9.47 Å². The SMILES string of the molecule is COCc1cccc(NC(=O)C2CNCCO2)c1.Cl. The summed E-state index contributed by atoms with van der Waals surface area (Å²) in [6, 6.07) is 7.60. The Kier molecular flexibility index (Phi) is 6.80. The van der Waals surface area contributed by atoms with Crippen molar-refractivity contribution in [3.05, 3.63) is 29.8 Å². The van der Waals surface area contributed by atoms with E-state index in [1.165, 1.54) is 0 Å². The Bertz CT molecular complexity index is 409. The molecule has 1 aromatic carbocycles.